The minimum Gasteiger partial charge on any atom is -0.355 e. The summed E-state index contributed by atoms with van der Waals surface area (Å²) in [6, 6.07) is 25.8. The second kappa shape index (κ2) is 11.8. The van der Waals surface area contributed by atoms with Crippen molar-refractivity contribution >= 4 is 35.0 Å². The first kappa shape index (κ1) is 26.0. The Morgan fingerprint density at radius 1 is 0.868 bits per heavy atom. The number of fused-ring (bicyclic) bond motifs is 1. The molecule has 0 aliphatic carbocycles. The summed E-state index contributed by atoms with van der Waals surface area (Å²) in [4.78, 5) is 33.8. The van der Waals surface area contributed by atoms with Crippen LogP contribution in [0.4, 0.5) is 0 Å². The molecule has 5 nitrogen and oxygen atoms in total. The first-order valence-electron chi connectivity index (χ1n) is 12.6. The molecule has 0 spiro atoms. The number of hydrogen-bond acceptors (Lipinski definition) is 3. The van der Waals surface area contributed by atoms with E-state index in [4.69, 9.17) is 23.2 Å². The van der Waals surface area contributed by atoms with Gasteiger partial charge >= 0.3 is 0 Å². The van der Waals surface area contributed by atoms with Crippen molar-refractivity contribution in [2.24, 2.45) is 0 Å². The van der Waals surface area contributed by atoms with E-state index in [9.17, 15) is 9.59 Å². The van der Waals surface area contributed by atoms with Crippen LogP contribution in [-0.2, 0) is 17.6 Å². The number of nitrogens with one attached hydrogen (secondary N) is 1. The second-order valence-electron chi connectivity index (χ2n) is 9.31. The quantitative estimate of drug-likeness (QED) is 0.285. The summed E-state index contributed by atoms with van der Waals surface area (Å²) < 4.78 is 0. The van der Waals surface area contributed by atoms with Gasteiger partial charge in [-0.05, 0) is 59.4 Å². The summed E-state index contributed by atoms with van der Waals surface area (Å²) in [7, 11) is 0. The van der Waals surface area contributed by atoms with Crippen molar-refractivity contribution in [1.29, 1.82) is 0 Å². The highest BCUT2D eigenvalue weighted by atomic mass is 35.5. The Balaban J connectivity index is 1.52. The van der Waals surface area contributed by atoms with Gasteiger partial charge in [0.05, 0.1) is 12.0 Å². The maximum absolute atomic E-state index is 13.9. The Kier molecular flexibility index (Phi) is 8.06. The zero-order chi connectivity index (χ0) is 26.5. The van der Waals surface area contributed by atoms with Crippen LogP contribution in [0.1, 0.15) is 44.6 Å². The van der Waals surface area contributed by atoms with E-state index in [2.05, 4.69) is 10.3 Å². The number of benzene rings is 3. The minimum absolute atomic E-state index is 0.131. The van der Waals surface area contributed by atoms with Crippen LogP contribution in [0.2, 0.25) is 10.0 Å². The van der Waals surface area contributed by atoms with Crippen molar-refractivity contribution in [3.63, 3.8) is 0 Å². The van der Waals surface area contributed by atoms with E-state index in [1.54, 1.807) is 35.5 Å². The summed E-state index contributed by atoms with van der Waals surface area (Å²) in [6.07, 6.45) is 4.81. The number of carbonyl (C=O) groups excluding carboxylic acids is 2. The number of pyridine rings is 1. The van der Waals surface area contributed by atoms with E-state index in [0.717, 1.165) is 11.1 Å². The molecule has 1 aromatic heterocycles. The average Bonchev–Trinajstić information content (AvgIpc) is 2.94. The zero-order valence-corrected chi connectivity index (χ0v) is 22.2. The Hall–Kier alpha value is -3.67. The Morgan fingerprint density at radius 2 is 1.63 bits per heavy atom. The molecule has 3 aromatic carbocycles. The number of hydrogen-bond donors (Lipinski definition) is 1. The molecule has 0 radical (unpaired) electrons. The molecule has 5 rings (SSSR count). The molecule has 0 bridgehead atoms. The third-order valence-electron chi connectivity index (χ3n) is 6.92. The fourth-order valence-corrected chi connectivity index (χ4v) is 5.61. The zero-order valence-electron chi connectivity index (χ0n) is 20.7. The Labute approximate surface area is 232 Å². The summed E-state index contributed by atoms with van der Waals surface area (Å²) >= 11 is 12.9. The summed E-state index contributed by atoms with van der Waals surface area (Å²) in [5.41, 5.74) is 4.06. The molecule has 2 amide bonds. The number of rotatable bonds is 8. The molecule has 1 aliphatic rings. The average molecular weight is 544 g/mol. The fraction of sp³-hybridized carbons (Fsp3) is 0.194. The molecule has 2 unspecified atom stereocenters. The maximum atomic E-state index is 13.9. The lowest BCUT2D eigenvalue weighted by atomic mass is 9.79. The van der Waals surface area contributed by atoms with Gasteiger partial charge in [0, 0.05) is 41.1 Å². The molecule has 1 aliphatic heterocycles. The molecular formula is C31H27Cl2N3O2. The minimum atomic E-state index is -0.646. The summed E-state index contributed by atoms with van der Waals surface area (Å²) in [5, 5.41) is 4.04. The van der Waals surface area contributed by atoms with Gasteiger partial charge in [-0.25, -0.2) is 0 Å². The molecule has 2 heterocycles. The second-order valence-corrected chi connectivity index (χ2v) is 10.2. The SMILES string of the molecule is O=C(NCCc1ccccc1)C1c2ccccc2C(=O)N(CCc2cccnc2)C1c1ccc(Cl)cc1Cl. The standard InChI is InChI=1S/C31H27Cl2N3O2/c32-23-12-13-26(27(33)19-23)29-28(30(37)35-17-14-21-7-2-1-3-8-21)24-10-4-5-11-25(24)31(38)36(29)18-15-22-9-6-16-34-20-22/h1-13,16,19-20,28-29H,14-15,17-18H2,(H,35,37). The van der Waals surface area contributed by atoms with Gasteiger partial charge in [-0.2, -0.15) is 0 Å². The van der Waals surface area contributed by atoms with Gasteiger partial charge in [-0.1, -0.05) is 83.9 Å². The van der Waals surface area contributed by atoms with Gasteiger partial charge in [-0.3, -0.25) is 14.6 Å². The maximum Gasteiger partial charge on any atom is 0.254 e. The van der Waals surface area contributed by atoms with E-state index in [-0.39, 0.29) is 11.8 Å². The van der Waals surface area contributed by atoms with Crippen molar-refractivity contribution < 1.29 is 9.59 Å². The van der Waals surface area contributed by atoms with Gasteiger partial charge < -0.3 is 10.2 Å². The van der Waals surface area contributed by atoms with E-state index in [1.807, 2.05) is 66.7 Å². The largest absolute Gasteiger partial charge is 0.355 e. The normalized spacial score (nSPS) is 16.7. The number of halogens is 2. The molecule has 0 fully saturated rings. The lowest BCUT2D eigenvalue weighted by molar-refractivity contribution is -0.124. The van der Waals surface area contributed by atoms with E-state index >= 15 is 0 Å². The molecule has 7 heteroatoms. The molecule has 38 heavy (non-hydrogen) atoms. The lowest BCUT2D eigenvalue weighted by Crippen LogP contribution is -2.48. The van der Waals surface area contributed by atoms with Gasteiger partial charge in [-0.15, -0.1) is 0 Å². The molecule has 2 atom stereocenters. The first-order valence-corrected chi connectivity index (χ1v) is 13.3. The highest BCUT2D eigenvalue weighted by Gasteiger charge is 2.44. The fourth-order valence-electron chi connectivity index (χ4n) is 5.09. The number of nitrogens with zero attached hydrogens (tertiary/aromatic N) is 2. The molecule has 1 N–H and O–H groups in total. The van der Waals surface area contributed by atoms with Crippen molar-refractivity contribution in [2.75, 3.05) is 13.1 Å². The number of aromatic nitrogens is 1. The third-order valence-corrected chi connectivity index (χ3v) is 7.48. The molecule has 0 saturated carbocycles. The van der Waals surface area contributed by atoms with Crippen LogP contribution in [-0.4, -0.2) is 34.8 Å². The lowest BCUT2D eigenvalue weighted by Gasteiger charge is -2.42. The third kappa shape index (κ3) is 5.59. The smallest absolute Gasteiger partial charge is 0.254 e. The van der Waals surface area contributed by atoms with Gasteiger partial charge in [0.15, 0.2) is 0 Å². The van der Waals surface area contributed by atoms with Crippen LogP contribution in [0, 0.1) is 0 Å². The molecule has 192 valence electrons. The van der Waals surface area contributed by atoms with Gasteiger partial charge in [0.25, 0.3) is 5.91 Å². The van der Waals surface area contributed by atoms with Crippen LogP contribution < -0.4 is 5.32 Å². The van der Waals surface area contributed by atoms with Gasteiger partial charge in [0.1, 0.15) is 0 Å². The highest BCUT2D eigenvalue weighted by Crippen LogP contribution is 2.45. The molecular weight excluding hydrogens is 517 g/mol. The van der Waals surface area contributed by atoms with Crippen molar-refractivity contribution in [2.45, 2.75) is 24.8 Å². The molecule has 4 aromatic rings. The Bertz CT molecular complexity index is 1430. The van der Waals surface area contributed by atoms with Crippen LogP contribution in [0.5, 0.6) is 0 Å². The first-order chi connectivity index (χ1) is 18.5. The predicted molar refractivity (Wildman–Crippen MR) is 151 cm³/mol. The van der Waals surface area contributed by atoms with Crippen LogP contribution in [0.3, 0.4) is 0 Å². The van der Waals surface area contributed by atoms with Crippen LogP contribution >= 0.6 is 23.2 Å². The number of carbonyl (C=O) groups is 2. The van der Waals surface area contributed by atoms with Crippen molar-refractivity contribution in [1.82, 2.24) is 15.2 Å². The van der Waals surface area contributed by atoms with Crippen molar-refractivity contribution in [3.8, 4) is 0 Å². The van der Waals surface area contributed by atoms with E-state index in [0.29, 0.717) is 52.7 Å². The Morgan fingerprint density at radius 3 is 2.39 bits per heavy atom. The summed E-state index contributed by atoms with van der Waals surface area (Å²) in [6.45, 7) is 0.877. The van der Waals surface area contributed by atoms with Crippen molar-refractivity contribution in [3.05, 3.63) is 135 Å². The van der Waals surface area contributed by atoms with E-state index < -0.39 is 12.0 Å². The monoisotopic (exact) mass is 543 g/mol. The highest BCUT2D eigenvalue weighted by molar-refractivity contribution is 6.35. The van der Waals surface area contributed by atoms with Crippen LogP contribution in [0.15, 0.2) is 97.3 Å². The topological polar surface area (TPSA) is 62.3 Å². The van der Waals surface area contributed by atoms with Gasteiger partial charge in [0.2, 0.25) is 5.91 Å². The molecule has 0 saturated heterocycles. The summed E-state index contributed by atoms with van der Waals surface area (Å²) in [5.74, 6) is -0.927. The predicted octanol–water partition coefficient (Wildman–Crippen LogP) is 6.27. The van der Waals surface area contributed by atoms with E-state index in [1.165, 1.54) is 0 Å². The number of amides is 2. The van der Waals surface area contributed by atoms with Crippen LogP contribution in [0.25, 0.3) is 0 Å².